The van der Waals surface area contributed by atoms with Crippen molar-refractivity contribution in [3.05, 3.63) is 70.5 Å². The summed E-state index contributed by atoms with van der Waals surface area (Å²) in [6.45, 7) is 7.91. The molecule has 0 bridgehead atoms. The van der Waals surface area contributed by atoms with Crippen molar-refractivity contribution in [1.29, 1.82) is 0 Å². The molecule has 0 unspecified atom stereocenters. The van der Waals surface area contributed by atoms with Gasteiger partial charge in [-0.3, -0.25) is 4.79 Å². The van der Waals surface area contributed by atoms with Gasteiger partial charge in [0.1, 0.15) is 5.01 Å². The minimum atomic E-state index is -0.198. The van der Waals surface area contributed by atoms with Crippen LogP contribution < -0.4 is 5.32 Å². The van der Waals surface area contributed by atoms with Gasteiger partial charge in [-0.05, 0) is 37.6 Å². The predicted octanol–water partition coefficient (Wildman–Crippen LogP) is 5.85. The second-order valence-electron chi connectivity index (χ2n) is 7.44. The molecular formula is C23H22N4O2S. The van der Waals surface area contributed by atoms with Gasteiger partial charge in [0.2, 0.25) is 0 Å². The molecule has 2 aromatic heterocycles. The van der Waals surface area contributed by atoms with E-state index >= 15 is 0 Å². The summed E-state index contributed by atoms with van der Waals surface area (Å²) in [5, 5.41) is 10.0. The van der Waals surface area contributed by atoms with Crippen LogP contribution in [0.15, 0.2) is 52.4 Å². The van der Waals surface area contributed by atoms with E-state index in [1.807, 2.05) is 75.5 Å². The highest BCUT2D eigenvalue weighted by Crippen LogP contribution is 2.31. The summed E-state index contributed by atoms with van der Waals surface area (Å²) in [5.41, 5.74) is 4.84. The van der Waals surface area contributed by atoms with Crippen LogP contribution in [0.2, 0.25) is 0 Å². The lowest BCUT2D eigenvalue weighted by Crippen LogP contribution is -2.13. The molecule has 2 heterocycles. The Morgan fingerprint density at radius 3 is 2.47 bits per heavy atom. The maximum absolute atomic E-state index is 12.9. The van der Waals surface area contributed by atoms with Gasteiger partial charge in [0.05, 0.1) is 11.3 Å². The second kappa shape index (κ2) is 8.20. The van der Waals surface area contributed by atoms with Crippen LogP contribution in [0.3, 0.4) is 0 Å². The number of hydrogen-bond acceptors (Lipinski definition) is 6. The number of aryl methyl sites for hydroxylation is 2. The van der Waals surface area contributed by atoms with Crippen molar-refractivity contribution in [2.24, 2.45) is 0 Å². The van der Waals surface area contributed by atoms with Crippen molar-refractivity contribution in [1.82, 2.24) is 15.1 Å². The van der Waals surface area contributed by atoms with E-state index in [4.69, 9.17) is 4.52 Å². The quantitative estimate of drug-likeness (QED) is 0.439. The third-order valence-corrected chi connectivity index (χ3v) is 5.72. The first-order chi connectivity index (χ1) is 14.4. The molecular weight excluding hydrogens is 396 g/mol. The van der Waals surface area contributed by atoms with Crippen molar-refractivity contribution >= 4 is 22.9 Å². The summed E-state index contributed by atoms with van der Waals surface area (Å²) in [6.07, 6.45) is 0. The van der Waals surface area contributed by atoms with Gasteiger partial charge in [0.15, 0.2) is 5.82 Å². The van der Waals surface area contributed by atoms with Crippen LogP contribution in [0.25, 0.3) is 22.0 Å². The summed E-state index contributed by atoms with van der Waals surface area (Å²) in [5.74, 6) is 0.991. The molecule has 152 valence electrons. The van der Waals surface area contributed by atoms with E-state index in [0.717, 1.165) is 21.8 Å². The van der Waals surface area contributed by atoms with Crippen LogP contribution in [0.1, 0.15) is 47.2 Å². The number of para-hydroxylation sites is 1. The highest BCUT2D eigenvalue weighted by molar-refractivity contribution is 7.13. The number of carbonyl (C=O) groups is 1. The maximum atomic E-state index is 12.9. The topological polar surface area (TPSA) is 80.9 Å². The number of benzene rings is 2. The number of hydrogen-bond donors (Lipinski definition) is 1. The number of rotatable bonds is 5. The molecule has 0 spiro atoms. The summed E-state index contributed by atoms with van der Waals surface area (Å²) in [7, 11) is 0. The molecule has 0 saturated heterocycles. The number of carbonyl (C=O) groups excluding carboxylic acids is 1. The van der Waals surface area contributed by atoms with Crippen LogP contribution in [0, 0.1) is 13.8 Å². The van der Waals surface area contributed by atoms with Crippen LogP contribution in [0.4, 0.5) is 5.69 Å². The Morgan fingerprint density at radius 2 is 1.83 bits per heavy atom. The van der Waals surface area contributed by atoms with E-state index in [1.165, 1.54) is 0 Å². The fraction of sp³-hybridized carbons (Fsp3) is 0.217. The van der Waals surface area contributed by atoms with Gasteiger partial charge >= 0.3 is 0 Å². The Balaban J connectivity index is 1.60. The van der Waals surface area contributed by atoms with Crippen molar-refractivity contribution in [2.45, 2.75) is 33.6 Å². The van der Waals surface area contributed by atoms with Crippen LogP contribution >= 0.6 is 11.3 Å². The predicted molar refractivity (Wildman–Crippen MR) is 119 cm³/mol. The van der Waals surface area contributed by atoms with Crippen molar-refractivity contribution in [2.75, 3.05) is 5.32 Å². The minimum Gasteiger partial charge on any atom is -0.334 e. The van der Waals surface area contributed by atoms with Gasteiger partial charge in [0, 0.05) is 28.1 Å². The van der Waals surface area contributed by atoms with E-state index in [9.17, 15) is 4.79 Å². The minimum absolute atomic E-state index is 0.158. The van der Waals surface area contributed by atoms with Gasteiger partial charge in [-0.2, -0.15) is 4.98 Å². The zero-order valence-corrected chi connectivity index (χ0v) is 18.1. The van der Waals surface area contributed by atoms with E-state index < -0.39 is 0 Å². The molecule has 30 heavy (non-hydrogen) atoms. The number of aromatic nitrogens is 3. The zero-order valence-electron chi connectivity index (χ0n) is 17.3. The molecule has 0 aliphatic rings. The summed E-state index contributed by atoms with van der Waals surface area (Å²) in [6, 6.07) is 13.2. The fourth-order valence-corrected chi connectivity index (χ4v) is 3.83. The third-order valence-electron chi connectivity index (χ3n) is 4.71. The molecule has 4 rings (SSSR count). The Labute approximate surface area is 179 Å². The van der Waals surface area contributed by atoms with E-state index in [1.54, 1.807) is 11.3 Å². The van der Waals surface area contributed by atoms with Gasteiger partial charge in [0.25, 0.3) is 11.8 Å². The summed E-state index contributed by atoms with van der Waals surface area (Å²) < 4.78 is 5.44. The van der Waals surface area contributed by atoms with Gasteiger partial charge in [-0.25, -0.2) is 4.98 Å². The Hall–Kier alpha value is -3.32. The molecule has 0 fully saturated rings. The Bertz CT molecular complexity index is 1190. The van der Waals surface area contributed by atoms with Crippen molar-refractivity contribution in [3.8, 4) is 22.0 Å². The average molecular weight is 419 g/mol. The molecule has 1 amide bonds. The number of nitrogens with one attached hydrogen (secondary N) is 1. The van der Waals surface area contributed by atoms with Gasteiger partial charge in [-0.1, -0.05) is 43.3 Å². The van der Waals surface area contributed by atoms with Crippen LogP contribution in [0.5, 0.6) is 0 Å². The standard InChI is InChI=1S/C23H22N4O2S/c1-13(2)20-26-22(29-27-20)18-7-5-6-14(3)19(18)25-21(28)16-8-10-17(11-9-16)23-24-15(4)12-30-23/h5-13H,1-4H3,(H,25,28). The van der Waals surface area contributed by atoms with Crippen molar-refractivity contribution in [3.63, 3.8) is 0 Å². The van der Waals surface area contributed by atoms with Crippen molar-refractivity contribution < 1.29 is 9.32 Å². The lowest BCUT2D eigenvalue weighted by atomic mass is 10.1. The largest absolute Gasteiger partial charge is 0.334 e. The summed E-state index contributed by atoms with van der Waals surface area (Å²) in [4.78, 5) is 21.9. The molecule has 0 aliphatic carbocycles. The monoisotopic (exact) mass is 418 g/mol. The first kappa shape index (κ1) is 20.0. The summed E-state index contributed by atoms with van der Waals surface area (Å²) >= 11 is 1.59. The molecule has 0 aliphatic heterocycles. The van der Waals surface area contributed by atoms with E-state index in [0.29, 0.717) is 28.5 Å². The SMILES string of the molecule is Cc1csc(-c2ccc(C(=O)Nc3c(C)cccc3-c3nc(C(C)C)no3)cc2)n1. The van der Waals surface area contributed by atoms with E-state index in [-0.39, 0.29) is 11.8 Å². The first-order valence-electron chi connectivity index (χ1n) is 9.70. The first-order valence-corrected chi connectivity index (χ1v) is 10.6. The number of amides is 1. The van der Waals surface area contributed by atoms with Crippen LogP contribution in [-0.4, -0.2) is 21.0 Å². The molecule has 0 radical (unpaired) electrons. The molecule has 6 nitrogen and oxygen atoms in total. The van der Waals surface area contributed by atoms with Crippen LogP contribution in [-0.2, 0) is 0 Å². The number of thiazole rings is 1. The Kier molecular flexibility index (Phi) is 5.46. The Morgan fingerprint density at radius 1 is 1.07 bits per heavy atom. The van der Waals surface area contributed by atoms with E-state index in [2.05, 4.69) is 20.4 Å². The fourth-order valence-electron chi connectivity index (χ4n) is 3.03. The average Bonchev–Trinajstić information content (AvgIpc) is 3.39. The lowest BCUT2D eigenvalue weighted by molar-refractivity contribution is 0.102. The molecule has 2 aromatic carbocycles. The second-order valence-corrected chi connectivity index (χ2v) is 8.29. The number of anilines is 1. The van der Waals surface area contributed by atoms with Gasteiger partial charge < -0.3 is 9.84 Å². The maximum Gasteiger partial charge on any atom is 0.260 e. The third kappa shape index (κ3) is 4.02. The highest BCUT2D eigenvalue weighted by Gasteiger charge is 2.18. The number of nitrogens with zero attached hydrogens (tertiary/aromatic N) is 3. The molecule has 7 heteroatoms. The highest BCUT2D eigenvalue weighted by atomic mass is 32.1. The normalized spacial score (nSPS) is 11.1. The smallest absolute Gasteiger partial charge is 0.260 e. The molecule has 4 aromatic rings. The molecule has 1 N–H and O–H groups in total. The zero-order chi connectivity index (χ0) is 21.3. The molecule has 0 saturated carbocycles. The lowest BCUT2D eigenvalue weighted by Gasteiger charge is -2.12. The molecule has 0 atom stereocenters. The van der Waals surface area contributed by atoms with Gasteiger partial charge in [-0.15, -0.1) is 11.3 Å².